The first-order chi connectivity index (χ1) is 31.2. The molecule has 1 fully saturated rings. The van der Waals surface area contributed by atoms with Gasteiger partial charge in [-0.25, -0.2) is 9.78 Å². The Hall–Kier alpha value is -5.18. The first-order valence-corrected chi connectivity index (χ1v) is 23.5. The maximum Gasteiger partial charge on any atom is 0.410 e. The summed E-state index contributed by atoms with van der Waals surface area (Å²) in [5.41, 5.74) is 6.91. The smallest absolute Gasteiger partial charge is 0.410 e. The van der Waals surface area contributed by atoms with Crippen LogP contribution in [0.3, 0.4) is 0 Å². The van der Waals surface area contributed by atoms with Crippen molar-refractivity contribution >= 4 is 58.6 Å². The van der Waals surface area contributed by atoms with Crippen LogP contribution in [0.2, 0.25) is 0 Å². The molecule has 1 aromatic heterocycles. The molecular weight excluding hydrogens is 871 g/mol. The molecule has 20 heteroatoms. The lowest BCUT2D eigenvalue weighted by Gasteiger charge is -2.39. The molecule has 3 rings (SSSR count). The molecule has 1 saturated heterocycles. The standard InChI is InChI=1S/C46H73N9O10S/c1-12-29(6)41(34(63-10)22-37(57)55-20-13-14-33(55)42(64-11)30(7)43(59)50-24-36-48-19-21-66-36)53(8)38(58)25-51-45(61)40(28(4)5)54(9)46(62)65-26-31-15-17-32(18-16-31)52-35(56)23-49-44(60)39(47)27(2)3/h15-19,21,27-30,33-34,39-42H,12-14,20,22-26,47H2,1-11H3,(H,49,60)(H,50,59)(H,51,61)(H,52,56)/t29-,30+,33-,34+,39-,40-,41-,42+/m0/s1. The lowest BCUT2D eigenvalue weighted by atomic mass is 9.90. The predicted octanol–water partition coefficient (Wildman–Crippen LogP) is 3.13. The molecule has 0 spiro atoms. The van der Waals surface area contributed by atoms with Crippen molar-refractivity contribution in [3.63, 3.8) is 0 Å². The minimum absolute atomic E-state index is 0.0222. The number of nitrogens with two attached hydrogens (primary N) is 1. The van der Waals surface area contributed by atoms with Crippen molar-refractivity contribution in [1.82, 2.24) is 35.6 Å². The lowest BCUT2D eigenvalue weighted by Crippen LogP contribution is -2.55. The molecule has 2 heterocycles. The van der Waals surface area contributed by atoms with Crippen molar-refractivity contribution in [3.05, 3.63) is 46.4 Å². The fraction of sp³-hybridized carbons (Fsp3) is 0.652. The largest absolute Gasteiger partial charge is 0.445 e. The zero-order chi connectivity index (χ0) is 49.2. The van der Waals surface area contributed by atoms with Crippen LogP contribution in [-0.2, 0) is 56.1 Å². The van der Waals surface area contributed by atoms with Crippen LogP contribution in [-0.4, -0.2) is 146 Å². The Kier molecular flexibility index (Phi) is 22.4. The number of nitrogens with zero attached hydrogens (tertiary/aromatic N) is 4. The molecule has 6 N–H and O–H groups in total. The third kappa shape index (κ3) is 15.7. The maximum atomic E-state index is 14.1. The Balaban J connectivity index is 1.58. The molecule has 368 valence electrons. The van der Waals surface area contributed by atoms with Gasteiger partial charge < -0.3 is 51.0 Å². The summed E-state index contributed by atoms with van der Waals surface area (Å²) in [6.45, 7) is 13.0. The summed E-state index contributed by atoms with van der Waals surface area (Å²) in [5, 5.41) is 13.5. The molecule has 19 nitrogen and oxygen atoms in total. The number of anilines is 1. The summed E-state index contributed by atoms with van der Waals surface area (Å²) in [7, 11) is 6.13. The Labute approximate surface area is 393 Å². The monoisotopic (exact) mass is 944 g/mol. The SMILES string of the molecule is CC[C@H](C)[C@@H]([C@@H](CC(=O)N1CCC[C@H]1[C@H](OC)[C@@H](C)C(=O)NCc1nccs1)OC)N(C)C(=O)CNC(=O)[C@H](C(C)C)N(C)C(=O)OCc1ccc(NC(=O)CNC(=O)[C@@H](N)C(C)C)cc1. The highest BCUT2D eigenvalue weighted by atomic mass is 32.1. The quantitative estimate of drug-likeness (QED) is 0.0965. The number of thiazole rings is 1. The molecule has 66 heavy (non-hydrogen) atoms. The third-order valence-electron chi connectivity index (χ3n) is 12.3. The second-order valence-corrected chi connectivity index (χ2v) is 18.6. The minimum Gasteiger partial charge on any atom is -0.445 e. The van der Waals surface area contributed by atoms with Gasteiger partial charge in [0.15, 0.2) is 0 Å². The zero-order valence-corrected chi connectivity index (χ0v) is 41.3. The van der Waals surface area contributed by atoms with Crippen LogP contribution in [0.15, 0.2) is 35.8 Å². The van der Waals surface area contributed by atoms with Gasteiger partial charge in [0.2, 0.25) is 35.4 Å². The van der Waals surface area contributed by atoms with Crippen LogP contribution in [0.5, 0.6) is 0 Å². The van der Waals surface area contributed by atoms with Crippen LogP contribution in [0.1, 0.15) is 84.7 Å². The molecule has 7 amide bonds. The first-order valence-electron chi connectivity index (χ1n) is 22.6. The van der Waals surface area contributed by atoms with Gasteiger partial charge in [-0.1, -0.05) is 67.0 Å². The summed E-state index contributed by atoms with van der Waals surface area (Å²) in [5.74, 6) is -3.25. The van der Waals surface area contributed by atoms with Gasteiger partial charge in [-0.15, -0.1) is 11.3 Å². The number of carbonyl (C=O) groups is 7. The summed E-state index contributed by atoms with van der Waals surface area (Å²) in [4.78, 5) is 101. The molecular formula is C46H73N9O10S. The van der Waals surface area contributed by atoms with E-state index in [2.05, 4.69) is 26.3 Å². The number of benzene rings is 1. The van der Waals surface area contributed by atoms with Gasteiger partial charge in [0.05, 0.1) is 62.3 Å². The van der Waals surface area contributed by atoms with E-state index >= 15 is 0 Å². The Morgan fingerprint density at radius 3 is 2.12 bits per heavy atom. The summed E-state index contributed by atoms with van der Waals surface area (Å²) >= 11 is 1.45. The number of methoxy groups -OCH3 is 2. The molecule has 8 atom stereocenters. The van der Waals surface area contributed by atoms with Crippen LogP contribution in [0.4, 0.5) is 10.5 Å². The van der Waals surface area contributed by atoms with E-state index in [0.717, 1.165) is 11.4 Å². The fourth-order valence-corrected chi connectivity index (χ4v) is 8.70. The molecule has 1 aromatic carbocycles. The average molecular weight is 944 g/mol. The van der Waals surface area contributed by atoms with Crippen molar-refractivity contribution in [2.45, 2.75) is 124 Å². The number of carbonyl (C=O) groups excluding carboxylic acids is 7. The zero-order valence-electron chi connectivity index (χ0n) is 40.5. The van der Waals surface area contributed by atoms with E-state index in [1.165, 1.54) is 35.3 Å². The number of likely N-dealkylation sites (N-methyl/N-ethyl adjacent to an activating group) is 2. The number of ether oxygens (including phenoxy) is 3. The topological polar surface area (TPSA) is 244 Å². The van der Waals surface area contributed by atoms with Gasteiger partial charge in [0.25, 0.3) is 0 Å². The first kappa shape index (κ1) is 55.1. The number of likely N-dealkylation sites (tertiary alicyclic amines) is 1. The minimum atomic E-state index is -0.977. The normalized spacial score (nSPS) is 16.9. The van der Waals surface area contributed by atoms with Crippen molar-refractivity contribution in [3.8, 4) is 0 Å². The molecule has 0 bridgehead atoms. The van der Waals surface area contributed by atoms with E-state index in [9.17, 15) is 33.6 Å². The molecule has 0 radical (unpaired) electrons. The number of aromatic nitrogens is 1. The number of rotatable bonds is 25. The van der Waals surface area contributed by atoms with E-state index in [-0.39, 0.29) is 61.7 Å². The predicted molar refractivity (Wildman–Crippen MR) is 251 cm³/mol. The van der Waals surface area contributed by atoms with Crippen LogP contribution in [0.25, 0.3) is 0 Å². The molecule has 2 aromatic rings. The summed E-state index contributed by atoms with van der Waals surface area (Å²) < 4.78 is 17.3. The van der Waals surface area contributed by atoms with Crippen LogP contribution < -0.4 is 27.0 Å². The third-order valence-corrected chi connectivity index (χ3v) is 13.0. The van der Waals surface area contributed by atoms with Gasteiger partial charge in [-0.3, -0.25) is 33.7 Å². The van der Waals surface area contributed by atoms with Crippen molar-refractivity contribution in [2.75, 3.05) is 53.3 Å². The van der Waals surface area contributed by atoms with Crippen LogP contribution in [0, 0.1) is 23.7 Å². The van der Waals surface area contributed by atoms with Gasteiger partial charge in [0.1, 0.15) is 17.7 Å². The molecule has 0 unspecified atom stereocenters. The maximum absolute atomic E-state index is 14.1. The van der Waals surface area contributed by atoms with Gasteiger partial charge in [0, 0.05) is 52.1 Å². The van der Waals surface area contributed by atoms with E-state index < -0.39 is 66.0 Å². The molecule has 1 aliphatic rings. The van der Waals surface area contributed by atoms with E-state index in [0.29, 0.717) is 37.2 Å². The van der Waals surface area contributed by atoms with E-state index in [1.54, 1.807) is 70.3 Å². The second-order valence-electron chi connectivity index (χ2n) is 17.6. The number of amides is 7. The van der Waals surface area contributed by atoms with Gasteiger partial charge >= 0.3 is 6.09 Å². The number of hydrogen-bond donors (Lipinski definition) is 5. The van der Waals surface area contributed by atoms with E-state index in [4.69, 9.17) is 19.9 Å². The number of nitrogens with one attached hydrogen (secondary N) is 4. The fourth-order valence-electron chi connectivity index (χ4n) is 8.15. The summed E-state index contributed by atoms with van der Waals surface area (Å²) in [6, 6.07) is 4.01. The Morgan fingerprint density at radius 1 is 0.879 bits per heavy atom. The van der Waals surface area contributed by atoms with Crippen molar-refractivity contribution in [1.29, 1.82) is 0 Å². The highest BCUT2D eigenvalue weighted by molar-refractivity contribution is 7.09. The molecule has 0 saturated carbocycles. The van der Waals surface area contributed by atoms with Crippen molar-refractivity contribution in [2.24, 2.45) is 29.4 Å². The molecule has 1 aliphatic heterocycles. The average Bonchev–Trinajstić information content (AvgIpc) is 4.01. The summed E-state index contributed by atoms with van der Waals surface area (Å²) in [6.07, 6.45) is 1.75. The Morgan fingerprint density at radius 2 is 1.55 bits per heavy atom. The van der Waals surface area contributed by atoms with Gasteiger partial charge in [-0.05, 0) is 48.3 Å². The highest BCUT2D eigenvalue weighted by Crippen LogP contribution is 2.29. The Bertz CT molecular complexity index is 1900. The number of hydrogen-bond acceptors (Lipinski definition) is 13. The second kappa shape index (κ2) is 26.8. The van der Waals surface area contributed by atoms with Crippen LogP contribution >= 0.6 is 11.3 Å². The lowest BCUT2D eigenvalue weighted by molar-refractivity contribution is -0.146. The van der Waals surface area contributed by atoms with Gasteiger partial charge in [-0.2, -0.15) is 0 Å². The van der Waals surface area contributed by atoms with Crippen molar-refractivity contribution < 1.29 is 47.8 Å². The highest BCUT2D eigenvalue weighted by Gasteiger charge is 2.42. The van der Waals surface area contributed by atoms with E-state index in [1.807, 2.05) is 33.1 Å². The molecule has 0 aliphatic carbocycles.